The Kier molecular flexibility index (Phi) is 9.84. The van der Waals surface area contributed by atoms with Crippen molar-refractivity contribution in [3.05, 3.63) is 131 Å². The number of hydrogen-bond acceptors (Lipinski definition) is 3. The number of halogens is 1. The van der Waals surface area contributed by atoms with Crippen LogP contribution in [0.15, 0.2) is 109 Å². The van der Waals surface area contributed by atoms with Crippen molar-refractivity contribution in [2.24, 2.45) is 0 Å². The third-order valence-corrected chi connectivity index (χ3v) is 7.81. The Morgan fingerprint density at radius 3 is 2.24 bits per heavy atom. The predicted molar refractivity (Wildman–Crippen MR) is 166 cm³/mol. The van der Waals surface area contributed by atoms with Gasteiger partial charge in [0.25, 0.3) is 5.91 Å². The molecule has 1 aliphatic rings. The minimum absolute atomic E-state index is 0.196. The summed E-state index contributed by atoms with van der Waals surface area (Å²) in [4.78, 5) is 26.4. The number of hydrogen-bond donors (Lipinski definition) is 3. The fourth-order valence-electron chi connectivity index (χ4n) is 5.16. The fraction of sp³-hybridized carbons (Fsp3) is 0.257. The summed E-state index contributed by atoms with van der Waals surface area (Å²) in [5.74, 6) is 0.140. The highest BCUT2D eigenvalue weighted by atomic mass is 35.5. The quantitative estimate of drug-likeness (QED) is 0.157. The molecule has 41 heavy (non-hydrogen) atoms. The summed E-state index contributed by atoms with van der Waals surface area (Å²) in [6.45, 7) is 1.24. The predicted octanol–water partition coefficient (Wildman–Crippen LogP) is 6.74. The molecule has 5 rings (SSSR count). The van der Waals surface area contributed by atoms with Gasteiger partial charge in [0.15, 0.2) is 0 Å². The lowest BCUT2D eigenvalue weighted by atomic mass is 10.0. The van der Waals surface area contributed by atoms with Gasteiger partial charge in [-0.15, -0.1) is 0 Å². The van der Waals surface area contributed by atoms with E-state index in [0.717, 1.165) is 42.5 Å². The molecule has 2 unspecified atom stereocenters. The summed E-state index contributed by atoms with van der Waals surface area (Å²) in [6, 6.07) is 35.4. The van der Waals surface area contributed by atoms with Crippen LogP contribution in [0, 0.1) is 0 Å². The maximum absolute atomic E-state index is 13.2. The van der Waals surface area contributed by atoms with E-state index in [0.29, 0.717) is 35.5 Å². The van der Waals surface area contributed by atoms with Crippen LogP contribution in [-0.4, -0.2) is 30.4 Å². The summed E-state index contributed by atoms with van der Waals surface area (Å²) in [7, 11) is 0. The van der Waals surface area contributed by atoms with Crippen molar-refractivity contribution < 1.29 is 9.59 Å². The SMILES string of the molecule is O=C(N[C@@H](CCCCNC1CC1c1ccccc1)C(=O)NCc1cccc(Cl)c1)c1ccc(-c2ccccc2)cc1. The van der Waals surface area contributed by atoms with Crippen molar-refractivity contribution in [1.29, 1.82) is 0 Å². The maximum Gasteiger partial charge on any atom is 0.251 e. The van der Waals surface area contributed by atoms with Gasteiger partial charge in [-0.05, 0) is 78.7 Å². The van der Waals surface area contributed by atoms with Crippen LogP contribution in [0.3, 0.4) is 0 Å². The Balaban J connectivity index is 1.15. The van der Waals surface area contributed by atoms with E-state index in [2.05, 4.69) is 46.3 Å². The van der Waals surface area contributed by atoms with E-state index in [1.807, 2.05) is 60.7 Å². The van der Waals surface area contributed by atoms with Gasteiger partial charge in [-0.3, -0.25) is 9.59 Å². The van der Waals surface area contributed by atoms with Gasteiger partial charge < -0.3 is 16.0 Å². The summed E-state index contributed by atoms with van der Waals surface area (Å²) < 4.78 is 0. The standard InChI is InChI=1S/C35H36ClN3O2/c36-30-15-9-10-25(22-30)24-38-35(41)32(16-7-8-21-37-33-23-31(33)28-13-5-2-6-14-28)39-34(40)29-19-17-27(18-20-29)26-11-3-1-4-12-26/h1-6,9-15,17-20,22,31-33,37H,7-8,16,21,23-24H2,(H,38,41)(H,39,40)/t31?,32-,33?/m0/s1. The van der Waals surface area contributed by atoms with E-state index in [1.54, 1.807) is 18.2 Å². The first-order valence-corrected chi connectivity index (χ1v) is 14.7. The monoisotopic (exact) mass is 565 g/mol. The summed E-state index contributed by atoms with van der Waals surface area (Å²) in [6.07, 6.45) is 3.47. The fourth-order valence-corrected chi connectivity index (χ4v) is 5.38. The number of nitrogens with one attached hydrogen (secondary N) is 3. The number of amides is 2. The van der Waals surface area contributed by atoms with Crippen LogP contribution in [0.25, 0.3) is 11.1 Å². The Labute approximate surface area is 247 Å². The maximum atomic E-state index is 13.2. The topological polar surface area (TPSA) is 70.2 Å². The zero-order chi connectivity index (χ0) is 28.4. The van der Waals surface area contributed by atoms with E-state index >= 15 is 0 Å². The van der Waals surface area contributed by atoms with Gasteiger partial charge in [-0.25, -0.2) is 0 Å². The Bertz CT molecular complexity index is 1430. The van der Waals surface area contributed by atoms with Crippen molar-refractivity contribution in [3.8, 4) is 11.1 Å². The van der Waals surface area contributed by atoms with Gasteiger partial charge in [-0.1, -0.05) is 96.5 Å². The second kappa shape index (κ2) is 14.1. The molecule has 3 atom stereocenters. The second-order valence-corrected chi connectivity index (χ2v) is 11.1. The van der Waals surface area contributed by atoms with Gasteiger partial charge in [0.1, 0.15) is 6.04 Å². The van der Waals surface area contributed by atoms with Crippen molar-refractivity contribution in [3.63, 3.8) is 0 Å². The first-order chi connectivity index (χ1) is 20.1. The number of carbonyl (C=O) groups excluding carboxylic acids is 2. The summed E-state index contributed by atoms with van der Waals surface area (Å²) in [5, 5.41) is 10.2. The van der Waals surface area contributed by atoms with E-state index < -0.39 is 6.04 Å². The molecule has 210 valence electrons. The van der Waals surface area contributed by atoms with Crippen LogP contribution in [0.1, 0.15) is 53.1 Å². The Morgan fingerprint density at radius 1 is 0.805 bits per heavy atom. The highest BCUT2D eigenvalue weighted by molar-refractivity contribution is 6.30. The molecule has 0 aliphatic heterocycles. The molecule has 0 heterocycles. The molecule has 0 aromatic heterocycles. The van der Waals surface area contributed by atoms with Crippen LogP contribution < -0.4 is 16.0 Å². The highest BCUT2D eigenvalue weighted by Gasteiger charge is 2.37. The average Bonchev–Trinajstić information content (AvgIpc) is 3.80. The van der Waals surface area contributed by atoms with Crippen LogP contribution in [0.2, 0.25) is 5.02 Å². The largest absolute Gasteiger partial charge is 0.350 e. The normalized spacial score (nSPS) is 16.5. The van der Waals surface area contributed by atoms with Gasteiger partial charge in [-0.2, -0.15) is 0 Å². The molecular formula is C35H36ClN3O2. The van der Waals surface area contributed by atoms with E-state index in [-0.39, 0.29) is 11.8 Å². The second-order valence-electron chi connectivity index (χ2n) is 10.6. The first-order valence-electron chi connectivity index (χ1n) is 14.3. The van der Waals surface area contributed by atoms with Crippen molar-refractivity contribution >= 4 is 23.4 Å². The zero-order valence-corrected chi connectivity index (χ0v) is 23.8. The third kappa shape index (κ3) is 8.29. The molecule has 2 amide bonds. The van der Waals surface area contributed by atoms with Crippen LogP contribution >= 0.6 is 11.6 Å². The minimum atomic E-state index is -0.631. The molecule has 1 fully saturated rings. The number of carbonyl (C=O) groups is 2. The number of unbranched alkanes of at least 4 members (excludes halogenated alkanes) is 1. The average molecular weight is 566 g/mol. The van der Waals surface area contributed by atoms with Gasteiger partial charge in [0.2, 0.25) is 5.91 Å². The van der Waals surface area contributed by atoms with Crippen molar-refractivity contribution in [2.45, 2.75) is 50.2 Å². The van der Waals surface area contributed by atoms with Crippen LogP contribution in [0.4, 0.5) is 0 Å². The van der Waals surface area contributed by atoms with Crippen LogP contribution in [-0.2, 0) is 11.3 Å². The number of benzene rings is 4. The molecule has 1 saturated carbocycles. The van der Waals surface area contributed by atoms with E-state index in [1.165, 1.54) is 5.56 Å². The van der Waals surface area contributed by atoms with Crippen molar-refractivity contribution in [1.82, 2.24) is 16.0 Å². The van der Waals surface area contributed by atoms with Gasteiger partial charge >= 0.3 is 0 Å². The lowest BCUT2D eigenvalue weighted by molar-refractivity contribution is -0.123. The zero-order valence-electron chi connectivity index (χ0n) is 23.1. The Hall–Kier alpha value is -3.93. The molecule has 4 aromatic carbocycles. The first kappa shape index (κ1) is 28.6. The lowest BCUT2D eigenvalue weighted by Crippen LogP contribution is -2.46. The molecule has 4 aromatic rings. The number of rotatable bonds is 13. The molecule has 5 nitrogen and oxygen atoms in total. The minimum Gasteiger partial charge on any atom is -0.350 e. The molecule has 0 bridgehead atoms. The molecule has 0 radical (unpaired) electrons. The van der Waals surface area contributed by atoms with Crippen LogP contribution in [0.5, 0.6) is 0 Å². The molecule has 6 heteroatoms. The van der Waals surface area contributed by atoms with E-state index in [9.17, 15) is 9.59 Å². The molecule has 1 aliphatic carbocycles. The van der Waals surface area contributed by atoms with Gasteiger partial charge in [0, 0.05) is 29.1 Å². The molecule has 0 spiro atoms. The third-order valence-electron chi connectivity index (χ3n) is 7.58. The highest BCUT2D eigenvalue weighted by Crippen LogP contribution is 2.40. The molecule has 3 N–H and O–H groups in total. The smallest absolute Gasteiger partial charge is 0.251 e. The molecule has 0 saturated heterocycles. The summed E-state index contributed by atoms with van der Waals surface area (Å²) >= 11 is 6.10. The van der Waals surface area contributed by atoms with Crippen molar-refractivity contribution in [2.75, 3.05) is 6.54 Å². The van der Waals surface area contributed by atoms with E-state index in [4.69, 9.17) is 11.6 Å². The lowest BCUT2D eigenvalue weighted by Gasteiger charge is -2.19. The van der Waals surface area contributed by atoms with Gasteiger partial charge in [0.05, 0.1) is 0 Å². The Morgan fingerprint density at radius 2 is 1.51 bits per heavy atom. The summed E-state index contributed by atoms with van der Waals surface area (Å²) in [5.41, 5.74) is 4.96. The molecular weight excluding hydrogens is 530 g/mol.